The molecule has 2 radical (unpaired) electrons. The van der Waals surface area contributed by atoms with Crippen molar-refractivity contribution in [1.29, 1.82) is 0 Å². The Balaban J connectivity index is 0.000000220. The van der Waals surface area contributed by atoms with Crippen LogP contribution in [-0.2, 0) is 46.8 Å². The third-order valence-corrected chi connectivity index (χ3v) is 6.60. The monoisotopic (exact) mass is 978 g/mol. The van der Waals surface area contributed by atoms with Crippen LogP contribution in [-0.4, -0.2) is 26.3 Å². The normalized spacial score (nSPS) is 11.1. The van der Waals surface area contributed by atoms with E-state index in [1.807, 2.05) is 84.9 Å². The number of hydrogen-bond acceptors (Lipinski definition) is 4. The van der Waals surface area contributed by atoms with Crippen molar-refractivity contribution in [2.75, 3.05) is 0 Å². The Morgan fingerprint density at radius 2 is 1.32 bits per heavy atom. The summed E-state index contributed by atoms with van der Waals surface area (Å²) in [5, 5.41) is 16.9. The Labute approximate surface area is 305 Å². The second-order valence-corrected chi connectivity index (χ2v) is 10.4. The zero-order valence-corrected chi connectivity index (χ0v) is 31.3. The standard InChI is InChI=1S/C13H12N.2C11H8N.C5H10O2.2Ir/c1-10-5-6-12-11(8-10)9-14-7-3-2-4-13(12)14;2*1-2-6-10(7-3-1)11-8-4-5-9-12-11;1-4(6)3-5(2)7;;/h2-8H,9H2,1H3;2*1-6,8-9H;3-4,6-7H,1-2H3;;/q+1;2*-1;;;. The predicted molar refractivity (Wildman–Crippen MR) is 181 cm³/mol. The maximum Gasteiger partial charge on any atom is 0.213 e. The molecule has 0 fully saturated rings. The molecule has 4 heterocycles. The summed E-state index contributed by atoms with van der Waals surface area (Å²) in [6.45, 7) is 6.27. The number of benzene rings is 3. The third kappa shape index (κ3) is 12.9. The van der Waals surface area contributed by atoms with Gasteiger partial charge in [0.1, 0.15) is 0 Å². The van der Waals surface area contributed by atoms with Crippen LogP contribution < -0.4 is 4.57 Å². The van der Waals surface area contributed by atoms with Crippen LogP contribution in [0.4, 0.5) is 0 Å². The van der Waals surface area contributed by atoms with Crippen LogP contribution in [0, 0.1) is 19.1 Å². The van der Waals surface area contributed by atoms with Gasteiger partial charge in [0.25, 0.3) is 0 Å². The molecular weight excluding hydrogens is 939 g/mol. The first-order valence-electron chi connectivity index (χ1n) is 14.8. The third-order valence-electron chi connectivity index (χ3n) is 6.60. The molecule has 0 bridgehead atoms. The number of aliphatic hydroxyl groups excluding tert-OH is 2. The van der Waals surface area contributed by atoms with E-state index in [9.17, 15) is 0 Å². The van der Waals surface area contributed by atoms with Gasteiger partial charge in [-0.1, -0.05) is 35.9 Å². The number of aryl methyl sites for hydroxylation is 1. The van der Waals surface area contributed by atoms with Gasteiger partial charge in [-0.15, -0.1) is 71.8 Å². The molecule has 0 saturated heterocycles. The summed E-state index contributed by atoms with van der Waals surface area (Å²) >= 11 is 0. The largest absolute Gasteiger partial charge is 0.513 e. The van der Waals surface area contributed by atoms with Crippen LogP contribution in [0.3, 0.4) is 0 Å². The van der Waals surface area contributed by atoms with Gasteiger partial charge < -0.3 is 20.2 Å². The van der Waals surface area contributed by atoms with Gasteiger partial charge in [-0.2, -0.15) is 4.57 Å². The molecule has 1 atom stereocenters. The van der Waals surface area contributed by atoms with Gasteiger partial charge in [-0.25, -0.2) is 0 Å². The van der Waals surface area contributed by atoms with Crippen molar-refractivity contribution in [2.24, 2.45) is 0 Å². The van der Waals surface area contributed by atoms with Crippen LogP contribution in [0.25, 0.3) is 33.8 Å². The van der Waals surface area contributed by atoms with Crippen LogP contribution in [0.2, 0.25) is 0 Å². The summed E-state index contributed by atoms with van der Waals surface area (Å²) in [6, 6.07) is 46.7. The van der Waals surface area contributed by atoms with E-state index in [4.69, 9.17) is 10.2 Å². The molecule has 7 rings (SSSR count). The van der Waals surface area contributed by atoms with E-state index in [1.165, 1.54) is 35.4 Å². The zero-order chi connectivity index (χ0) is 31.9. The first-order valence-corrected chi connectivity index (χ1v) is 14.8. The molecule has 3 aromatic heterocycles. The van der Waals surface area contributed by atoms with E-state index in [-0.39, 0.29) is 46.0 Å². The van der Waals surface area contributed by atoms with Crippen LogP contribution >= 0.6 is 0 Å². The Hall–Kier alpha value is -4.09. The van der Waals surface area contributed by atoms with Crippen LogP contribution in [0.1, 0.15) is 25.0 Å². The van der Waals surface area contributed by atoms with E-state index in [0.29, 0.717) is 0 Å². The smallest absolute Gasteiger partial charge is 0.213 e. The first kappa shape index (κ1) is 39.1. The molecule has 6 aromatic rings. The minimum Gasteiger partial charge on any atom is -0.513 e. The molecule has 0 aliphatic carbocycles. The van der Waals surface area contributed by atoms with Crippen molar-refractivity contribution < 1.29 is 55.0 Å². The SMILES string of the molecule is CC(O)=CC(C)O.Cc1ccc2c(c1)C[n+]1ccccc1-2.[Ir].[Ir].[c-]1ccccc1-c1ccccn1.[c-]1ccccc1-c1ccccn1. The molecule has 2 N–H and O–H groups in total. The molecule has 5 nitrogen and oxygen atoms in total. The van der Waals surface area contributed by atoms with Gasteiger partial charge in [-0.05, 0) is 68.6 Å². The molecule has 47 heavy (non-hydrogen) atoms. The molecule has 244 valence electrons. The zero-order valence-electron chi connectivity index (χ0n) is 26.5. The summed E-state index contributed by atoms with van der Waals surface area (Å²) in [4.78, 5) is 8.44. The van der Waals surface area contributed by atoms with E-state index >= 15 is 0 Å². The Bertz CT molecular complexity index is 1610. The summed E-state index contributed by atoms with van der Waals surface area (Å²) in [5.41, 5.74) is 9.53. The number of hydrogen-bond donors (Lipinski definition) is 2. The van der Waals surface area contributed by atoms with E-state index in [0.717, 1.165) is 29.1 Å². The molecular formula is C40H38Ir2N3O2-. The van der Waals surface area contributed by atoms with Crippen molar-refractivity contribution in [3.8, 4) is 33.8 Å². The van der Waals surface area contributed by atoms with Gasteiger partial charge in [0, 0.05) is 70.3 Å². The van der Waals surface area contributed by atoms with E-state index in [1.54, 1.807) is 19.3 Å². The van der Waals surface area contributed by atoms with E-state index in [2.05, 4.69) is 76.2 Å². The molecule has 0 amide bonds. The van der Waals surface area contributed by atoms with Crippen molar-refractivity contribution >= 4 is 0 Å². The predicted octanol–water partition coefficient (Wildman–Crippen LogP) is 8.23. The van der Waals surface area contributed by atoms with Gasteiger partial charge in [0.2, 0.25) is 5.69 Å². The Morgan fingerprint density at radius 1 is 0.766 bits per heavy atom. The average molecular weight is 977 g/mol. The van der Waals surface area contributed by atoms with Gasteiger partial charge in [0.05, 0.1) is 17.4 Å². The molecule has 1 aliphatic rings. The number of rotatable bonds is 3. The van der Waals surface area contributed by atoms with Crippen molar-refractivity contribution in [3.63, 3.8) is 0 Å². The fourth-order valence-corrected chi connectivity index (χ4v) is 4.64. The summed E-state index contributed by atoms with van der Waals surface area (Å²) < 4.78 is 2.30. The average Bonchev–Trinajstić information content (AvgIpc) is 3.44. The van der Waals surface area contributed by atoms with Gasteiger partial charge in [-0.3, -0.25) is 0 Å². The number of aromatic nitrogens is 3. The quantitative estimate of drug-likeness (QED) is 0.107. The second kappa shape index (κ2) is 20.9. The molecule has 0 saturated carbocycles. The maximum absolute atomic E-state index is 8.49. The second-order valence-electron chi connectivity index (χ2n) is 10.4. The molecule has 0 spiro atoms. The van der Waals surface area contributed by atoms with E-state index < -0.39 is 6.10 Å². The summed E-state index contributed by atoms with van der Waals surface area (Å²) in [5.74, 6) is 0.162. The van der Waals surface area contributed by atoms with Crippen molar-refractivity contribution in [1.82, 2.24) is 9.97 Å². The number of pyridine rings is 3. The topological polar surface area (TPSA) is 70.1 Å². The number of allylic oxidation sites excluding steroid dienone is 1. The van der Waals surface area contributed by atoms with Crippen molar-refractivity contribution in [3.05, 3.63) is 175 Å². The number of fused-ring (bicyclic) bond motifs is 3. The molecule has 3 aromatic carbocycles. The maximum atomic E-state index is 8.49. The summed E-state index contributed by atoms with van der Waals surface area (Å²) in [7, 11) is 0. The Kier molecular flexibility index (Phi) is 17.4. The summed E-state index contributed by atoms with van der Waals surface area (Å²) in [6.07, 6.45) is 6.54. The molecule has 1 aliphatic heterocycles. The van der Waals surface area contributed by atoms with Gasteiger partial charge in [0.15, 0.2) is 12.7 Å². The fourth-order valence-electron chi connectivity index (χ4n) is 4.64. The molecule has 1 unspecified atom stereocenters. The van der Waals surface area contributed by atoms with Gasteiger partial charge >= 0.3 is 0 Å². The minimum absolute atomic E-state index is 0. The number of nitrogens with zero attached hydrogens (tertiary/aromatic N) is 3. The molecule has 7 heteroatoms. The fraction of sp³-hybridized carbons (Fsp3) is 0.125. The minimum atomic E-state index is -0.537. The van der Waals surface area contributed by atoms with Crippen LogP contribution in [0.15, 0.2) is 152 Å². The number of aliphatic hydroxyl groups is 2. The first-order chi connectivity index (χ1) is 21.9. The van der Waals surface area contributed by atoms with Crippen molar-refractivity contribution in [2.45, 2.75) is 33.4 Å². The Morgan fingerprint density at radius 3 is 1.77 bits per heavy atom. The van der Waals surface area contributed by atoms with Crippen LogP contribution in [0.5, 0.6) is 0 Å².